The minimum Gasteiger partial charge on any atom is -0.207 e. The van der Waals surface area contributed by atoms with Crippen molar-refractivity contribution >= 4 is 43.5 Å². The second kappa shape index (κ2) is 7.58. The molecule has 0 saturated heterocycles. The van der Waals surface area contributed by atoms with Gasteiger partial charge in [-0.1, -0.05) is 55.6 Å². The van der Waals surface area contributed by atoms with E-state index in [9.17, 15) is 4.39 Å². The van der Waals surface area contributed by atoms with Gasteiger partial charge >= 0.3 is 0 Å². The second-order valence-corrected chi connectivity index (χ2v) is 6.73. The first-order chi connectivity index (χ1) is 9.58. The summed E-state index contributed by atoms with van der Waals surface area (Å²) in [6.07, 6.45) is 1.73. The highest BCUT2D eigenvalue weighted by molar-refractivity contribution is 9.10. The van der Waals surface area contributed by atoms with Crippen LogP contribution in [-0.2, 0) is 12.8 Å². The van der Waals surface area contributed by atoms with E-state index in [-0.39, 0.29) is 5.82 Å². The Kier molecular flexibility index (Phi) is 6.06. The summed E-state index contributed by atoms with van der Waals surface area (Å²) < 4.78 is 14.3. The van der Waals surface area contributed by atoms with Crippen molar-refractivity contribution in [3.05, 3.63) is 68.9 Å². The summed E-state index contributed by atoms with van der Waals surface area (Å²) >= 11 is 13.0. The summed E-state index contributed by atoms with van der Waals surface area (Å²) in [5.41, 5.74) is 2.20. The maximum atomic E-state index is 13.3. The van der Waals surface area contributed by atoms with Crippen LogP contribution < -0.4 is 0 Å². The molecule has 0 spiro atoms. The predicted octanol–water partition coefficient (Wildman–Crippen LogP) is 6.04. The standard InChI is InChI=1S/C16H14Br2ClF/c17-10-12(6-11-2-1-3-14(19)8-11)7-13-9-15(20)4-5-16(13)18/h1-5,8-9,12H,6-7,10H2. The van der Waals surface area contributed by atoms with Gasteiger partial charge in [0.2, 0.25) is 0 Å². The van der Waals surface area contributed by atoms with E-state index in [1.807, 2.05) is 18.2 Å². The van der Waals surface area contributed by atoms with Crippen molar-refractivity contribution in [2.45, 2.75) is 12.8 Å². The zero-order valence-electron chi connectivity index (χ0n) is 10.8. The smallest absolute Gasteiger partial charge is 0.123 e. The van der Waals surface area contributed by atoms with Crippen LogP contribution in [0.1, 0.15) is 11.1 Å². The molecular formula is C16H14Br2ClF. The average molecular weight is 421 g/mol. The Morgan fingerprint density at radius 2 is 1.90 bits per heavy atom. The number of alkyl halides is 1. The lowest BCUT2D eigenvalue weighted by Gasteiger charge is -2.15. The molecule has 0 aromatic heterocycles. The minimum atomic E-state index is -0.195. The molecule has 4 heteroatoms. The molecular weight excluding hydrogens is 406 g/mol. The number of benzene rings is 2. The Hall–Kier alpha value is -0.380. The SMILES string of the molecule is Fc1ccc(Br)c(CC(CBr)Cc2cccc(Cl)c2)c1. The average Bonchev–Trinajstić information content (AvgIpc) is 2.42. The van der Waals surface area contributed by atoms with Crippen LogP contribution in [0.3, 0.4) is 0 Å². The lowest BCUT2D eigenvalue weighted by molar-refractivity contribution is 0.581. The first-order valence-electron chi connectivity index (χ1n) is 6.33. The maximum absolute atomic E-state index is 13.3. The van der Waals surface area contributed by atoms with Gasteiger partial charge in [-0.05, 0) is 60.2 Å². The molecule has 0 saturated carbocycles. The normalized spacial score (nSPS) is 12.4. The molecule has 0 aliphatic rings. The van der Waals surface area contributed by atoms with Crippen molar-refractivity contribution in [2.24, 2.45) is 5.92 Å². The van der Waals surface area contributed by atoms with Gasteiger partial charge in [0.05, 0.1) is 0 Å². The fourth-order valence-electron chi connectivity index (χ4n) is 2.19. The number of hydrogen-bond acceptors (Lipinski definition) is 0. The zero-order chi connectivity index (χ0) is 14.5. The maximum Gasteiger partial charge on any atom is 0.123 e. The molecule has 0 radical (unpaired) electrons. The monoisotopic (exact) mass is 418 g/mol. The lowest BCUT2D eigenvalue weighted by atomic mass is 9.94. The molecule has 2 aromatic carbocycles. The fourth-order valence-corrected chi connectivity index (χ4v) is 3.27. The van der Waals surface area contributed by atoms with Gasteiger partial charge in [0.25, 0.3) is 0 Å². The van der Waals surface area contributed by atoms with Crippen molar-refractivity contribution in [1.82, 2.24) is 0 Å². The van der Waals surface area contributed by atoms with Crippen LogP contribution in [0.15, 0.2) is 46.9 Å². The Morgan fingerprint density at radius 3 is 2.60 bits per heavy atom. The first-order valence-corrected chi connectivity index (χ1v) is 8.62. The summed E-state index contributed by atoms with van der Waals surface area (Å²) in [4.78, 5) is 0. The van der Waals surface area contributed by atoms with Gasteiger partial charge in [-0.15, -0.1) is 0 Å². The Labute approximate surface area is 140 Å². The summed E-state index contributed by atoms with van der Waals surface area (Å²) in [7, 11) is 0. The lowest BCUT2D eigenvalue weighted by Crippen LogP contribution is -2.10. The Balaban J connectivity index is 2.11. The highest BCUT2D eigenvalue weighted by Gasteiger charge is 2.12. The highest BCUT2D eigenvalue weighted by atomic mass is 79.9. The number of hydrogen-bond donors (Lipinski definition) is 0. The van der Waals surface area contributed by atoms with Gasteiger partial charge in [0.1, 0.15) is 5.82 Å². The number of rotatable bonds is 5. The van der Waals surface area contributed by atoms with Gasteiger partial charge in [0, 0.05) is 14.8 Å². The van der Waals surface area contributed by atoms with Crippen LogP contribution in [0.25, 0.3) is 0 Å². The van der Waals surface area contributed by atoms with Crippen LogP contribution in [0, 0.1) is 11.7 Å². The summed E-state index contributed by atoms with van der Waals surface area (Å²) in [5.74, 6) is 0.200. The molecule has 1 atom stereocenters. The molecule has 2 aromatic rings. The second-order valence-electron chi connectivity index (χ2n) is 4.79. The molecule has 0 heterocycles. The molecule has 0 fully saturated rings. The van der Waals surface area contributed by atoms with E-state index in [0.29, 0.717) is 5.92 Å². The highest BCUT2D eigenvalue weighted by Crippen LogP contribution is 2.24. The van der Waals surface area contributed by atoms with Gasteiger partial charge in [0.15, 0.2) is 0 Å². The topological polar surface area (TPSA) is 0 Å². The van der Waals surface area contributed by atoms with Gasteiger partial charge in [-0.25, -0.2) is 4.39 Å². The van der Waals surface area contributed by atoms with Gasteiger partial charge in [-0.2, -0.15) is 0 Å². The molecule has 0 amide bonds. The third kappa shape index (κ3) is 4.57. The van der Waals surface area contributed by atoms with Crippen molar-refractivity contribution in [1.29, 1.82) is 0 Å². The van der Waals surface area contributed by atoms with Crippen molar-refractivity contribution < 1.29 is 4.39 Å². The molecule has 2 rings (SSSR count). The predicted molar refractivity (Wildman–Crippen MR) is 90.2 cm³/mol. The molecule has 0 aliphatic heterocycles. The van der Waals surface area contributed by atoms with Crippen LogP contribution in [0.4, 0.5) is 4.39 Å². The minimum absolute atomic E-state index is 0.195. The van der Waals surface area contributed by atoms with Crippen LogP contribution in [-0.4, -0.2) is 5.33 Å². The van der Waals surface area contributed by atoms with E-state index < -0.39 is 0 Å². The summed E-state index contributed by atoms with van der Waals surface area (Å²) in [5, 5.41) is 1.62. The third-order valence-corrected chi connectivity index (χ3v) is 5.07. The molecule has 20 heavy (non-hydrogen) atoms. The quantitative estimate of drug-likeness (QED) is 0.518. The number of halogens is 4. The molecule has 0 N–H and O–H groups in total. The van der Waals surface area contributed by atoms with Crippen LogP contribution in [0.2, 0.25) is 5.02 Å². The molecule has 0 nitrogen and oxygen atoms in total. The van der Waals surface area contributed by atoms with Crippen molar-refractivity contribution in [3.8, 4) is 0 Å². The third-order valence-electron chi connectivity index (χ3n) is 3.15. The Bertz CT molecular complexity index is 586. The van der Waals surface area contributed by atoms with E-state index in [1.54, 1.807) is 12.1 Å². The molecule has 0 aliphatic carbocycles. The van der Waals surface area contributed by atoms with Crippen LogP contribution in [0.5, 0.6) is 0 Å². The van der Waals surface area contributed by atoms with E-state index in [2.05, 4.69) is 37.9 Å². The van der Waals surface area contributed by atoms with E-state index in [1.165, 1.54) is 11.6 Å². The van der Waals surface area contributed by atoms with Crippen molar-refractivity contribution in [2.75, 3.05) is 5.33 Å². The fraction of sp³-hybridized carbons (Fsp3) is 0.250. The molecule has 0 bridgehead atoms. The zero-order valence-corrected chi connectivity index (χ0v) is 14.7. The van der Waals surface area contributed by atoms with Crippen LogP contribution >= 0.6 is 43.5 Å². The molecule has 106 valence electrons. The summed E-state index contributed by atoms with van der Waals surface area (Å²) in [6.45, 7) is 0. The summed E-state index contributed by atoms with van der Waals surface area (Å²) in [6, 6.07) is 12.7. The van der Waals surface area contributed by atoms with Crippen molar-refractivity contribution in [3.63, 3.8) is 0 Å². The van der Waals surface area contributed by atoms with E-state index in [4.69, 9.17) is 11.6 Å². The molecule has 1 unspecified atom stereocenters. The van der Waals surface area contributed by atoms with E-state index in [0.717, 1.165) is 33.2 Å². The van der Waals surface area contributed by atoms with Gasteiger partial charge in [-0.3, -0.25) is 0 Å². The van der Waals surface area contributed by atoms with E-state index >= 15 is 0 Å². The van der Waals surface area contributed by atoms with Gasteiger partial charge < -0.3 is 0 Å². The first kappa shape index (κ1) is 16.0. The largest absolute Gasteiger partial charge is 0.207 e. The Morgan fingerprint density at radius 1 is 1.10 bits per heavy atom.